The van der Waals surface area contributed by atoms with Crippen LogP contribution >= 0.6 is 0 Å². The highest BCUT2D eigenvalue weighted by atomic mass is 32.2. The van der Waals surface area contributed by atoms with E-state index in [-0.39, 0.29) is 5.03 Å². The third kappa shape index (κ3) is 2.58. The number of fused-ring (bicyclic) bond motifs is 1. The summed E-state index contributed by atoms with van der Waals surface area (Å²) in [6.07, 6.45) is 3.91. The number of imidazole rings is 1. The van der Waals surface area contributed by atoms with Crippen molar-refractivity contribution in [2.75, 3.05) is 0 Å². The number of rotatable bonds is 5. The fraction of sp³-hybridized carbons (Fsp3) is 0.583. The van der Waals surface area contributed by atoms with Gasteiger partial charge in [0.2, 0.25) is 0 Å². The number of nitrogens with zero attached hydrogens (tertiary/aromatic N) is 4. The van der Waals surface area contributed by atoms with Gasteiger partial charge in [0, 0.05) is 19.4 Å². The molecule has 0 fully saturated rings. The van der Waals surface area contributed by atoms with Crippen molar-refractivity contribution in [1.82, 2.24) is 29.5 Å². The maximum absolute atomic E-state index is 12.3. The molecule has 1 unspecified atom stereocenters. The Hall–Kier alpha value is -1.74. The summed E-state index contributed by atoms with van der Waals surface area (Å²) in [5, 5.41) is 8.27. The van der Waals surface area contributed by atoms with E-state index in [1.54, 1.807) is 6.92 Å². The minimum Gasteiger partial charge on any atom is -0.332 e. The quantitative estimate of drug-likeness (QED) is 0.839. The first-order chi connectivity index (χ1) is 10.0. The summed E-state index contributed by atoms with van der Waals surface area (Å²) in [5.41, 5.74) is 0. The van der Waals surface area contributed by atoms with Gasteiger partial charge in [-0.15, -0.1) is 10.2 Å². The topological polar surface area (TPSA) is 106 Å². The molecule has 9 heteroatoms. The van der Waals surface area contributed by atoms with Gasteiger partial charge in [-0.05, 0) is 13.3 Å². The normalized spacial score (nSPS) is 16.1. The second-order valence-corrected chi connectivity index (χ2v) is 6.80. The van der Waals surface area contributed by atoms with Crippen LogP contribution in [0.1, 0.15) is 43.8 Å². The van der Waals surface area contributed by atoms with Crippen LogP contribution in [0.3, 0.4) is 0 Å². The average molecular weight is 310 g/mol. The number of sulfonamides is 1. The monoisotopic (exact) mass is 310 g/mol. The van der Waals surface area contributed by atoms with Crippen molar-refractivity contribution < 1.29 is 8.42 Å². The van der Waals surface area contributed by atoms with Gasteiger partial charge in [-0.25, -0.2) is 13.4 Å². The van der Waals surface area contributed by atoms with Gasteiger partial charge in [0.1, 0.15) is 11.6 Å². The minimum atomic E-state index is -3.64. The molecule has 0 aliphatic carbocycles. The standard InChI is InChI=1S/C12H18N6O2S/c1-3-9-13-7-11(14-9)21(19,20)17-8(2)12-16-15-10-5-4-6-18(10)12/h7-8,17H,3-6H2,1-2H3,(H,13,14). The van der Waals surface area contributed by atoms with Gasteiger partial charge in [-0.3, -0.25) is 0 Å². The van der Waals surface area contributed by atoms with E-state index in [2.05, 4.69) is 24.9 Å². The van der Waals surface area contributed by atoms with Gasteiger partial charge in [0.15, 0.2) is 10.9 Å². The van der Waals surface area contributed by atoms with Crippen molar-refractivity contribution in [3.05, 3.63) is 23.7 Å². The molecule has 3 heterocycles. The maximum atomic E-state index is 12.3. The van der Waals surface area contributed by atoms with Crippen molar-refractivity contribution in [3.8, 4) is 0 Å². The van der Waals surface area contributed by atoms with Crippen LogP contribution in [-0.4, -0.2) is 33.2 Å². The zero-order valence-electron chi connectivity index (χ0n) is 12.0. The lowest BCUT2D eigenvalue weighted by Gasteiger charge is -2.13. The Labute approximate surface area is 123 Å². The third-order valence-electron chi connectivity index (χ3n) is 3.59. The molecule has 0 radical (unpaired) electrons. The molecular weight excluding hydrogens is 292 g/mol. The number of nitrogens with one attached hydrogen (secondary N) is 2. The Morgan fingerprint density at radius 1 is 1.48 bits per heavy atom. The first-order valence-electron chi connectivity index (χ1n) is 6.99. The van der Waals surface area contributed by atoms with Crippen molar-refractivity contribution in [2.45, 2.75) is 50.7 Å². The molecule has 2 aromatic heterocycles. The van der Waals surface area contributed by atoms with Gasteiger partial charge in [0.25, 0.3) is 10.0 Å². The third-order valence-corrected chi connectivity index (χ3v) is 5.04. The van der Waals surface area contributed by atoms with Gasteiger partial charge >= 0.3 is 0 Å². The molecule has 1 aliphatic rings. The Bertz CT molecular complexity index is 748. The van der Waals surface area contributed by atoms with Crippen LogP contribution in [0.5, 0.6) is 0 Å². The van der Waals surface area contributed by atoms with Gasteiger partial charge in [0.05, 0.1) is 12.2 Å². The number of hydrogen-bond donors (Lipinski definition) is 2. The largest absolute Gasteiger partial charge is 0.332 e. The highest BCUT2D eigenvalue weighted by Crippen LogP contribution is 2.20. The van der Waals surface area contributed by atoms with Crippen molar-refractivity contribution >= 4 is 10.0 Å². The molecule has 114 valence electrons. The Balaban J connectivity index is 1.81. The Kier molecular flexibility index (Phi) is 3.54. The first-order valence-corrected chi connectivity index (χ1v) is 8.47. The first kappa shape index (κ1) is 14.2. The molecule has 0 spiro atoms. The second-order valence-electron chi connectivity index (χ2n) is 5.12. The zero-order valence-corrected chi connectivity index (χ0v) is 12.8. The summed E-state index contributed by atoms with van der Waals surface area (Å²) in [7, 11) is -3.64. The summed E-state index contributed by atoms with van der Waals surface area (Å²) in [6, 6.07) is -0.442. The van der Waals surface area contributed by atoms with E-state index in [1.807, 2.05) is 11.5 Å². The smallest absolute Gasteiger partial charge is 0.258 e. The van der Waals surface area contributed by atoms with Crippen molar-refractivity contribution in [2.24, 2.45) is 0 Å². The SMILES string of the molecule is CCc1ncc(S(=O)(=O)NC(C)c2nnc3n2CCC3)[nH]1. The number of aromatic nitrogens is 5. The van der Waals surface area contributed by atoms with E-state index in [1.165, 1.54) is 6.20 Å². The molecule has 2 N–H and O–H groups in total. The average Bonchev–Trinajstić information content (AvgIpc) is 3.14. The number of aromatic amines is 1. The molecule has 0 saturated carbocycles. The molecule has 1 atom stereocenters. The van der Waals surface area contributed by atoms with E-state index in [0.29, 0.717) is 18.1 Å². The fourth-order valence-corrected chi connectivity index (χ4v) is 3.64. The highest BCUT2D eigenvalue weighted by Gasteiger charge is 2.26. The van der Waals surface area contributed by atoms with E-state index in [9.17, 15) is 8.42 Å². The van der Waals surface area contributed by atoms with Crippen LogP contribution in [0, 0.1) is 0 Å². The van der Waals surface area contributed by atoms with Crippen molar-refractivity contribution in [1.29, 1.82) is 0 Å². The Morgan fingerprint density at radius 3 is 3.00 bits per heavy atom. The molecule has 21 heavy (non-hydrogen) atoms. The minimum absolute atomic E-state index is 0.0763. The van der Waals surface area contributed by atoms with Gasteiger partial charge in [-0.1, -0.05) is 6.92 Å². The van der Waals surface area contributed by atoms with Gasteiger partial charge < -0.3 is 9.55 Å². The van der Waals surface area contributed by atoms with E-state index < -0.39 is 16.1 Å². The maximum Gasteiger partial charge on any atom is 0.258 e. The fourth-order valence-electron chi connectivity index (χ4n) is 2.50. The van der Waals surface area contributed by atoms with Crippen LogP contribution in [0.4, 0.5) is 0 Å². The molecule has 0 bridgehead atoms. The molecule has 8 nitrogen and oxygen atoms in total. The number of aryl methyl sites for hydroxylation is 2. The van der Waals surface area contributed by atoms with Crippen molar-refractivity contribution in [3.63, 3.8) is 0 Å². The van der Waals surface area contributed by atoms with Crippen LogP contribution in [-0.2, 0) is 29.4 Å². The predicted octanol–water partition coefficient (Wildman–Crippen LogP) is 0.549. The lowest BCUT2D eigenvalue weighted by Crippen LogP contribution is -2.29. The lowest BCUT2D eigenvalue weighted by atomic mass is 10.3. The van der Waals surface area contributed by atoms with Crippen LogP contribution in [0.2, 0.25) is 0 Å². The summed E-state index contributed by atoms with van der Waals surface area (Å²) in [6.45, 7) is 4.52. The zero-order chi connectivity index (χ0) is 15.0. The molecule has 0 aromatic carbocycles. The van der Waals surface area contributed by atoms with Crippen LogP contribution in [0.15, 0.2) is 11.2 Å². The summed E-state index contributed by atoms with van der Waals surface area (Å²) in [4.78, 5) is 6.82. The lowest BCUT2D eigenvalue weighted by molar-refractivity contribution is 0.543. The number of hydrogen-bond acceptors (Lipinski definition) is 5. The van der Waals surface area contributed by atoms with Crippen LogP contribution < -0.4 is 4.72 Å². The molecule has 3 rings (SSSR count). The molecule has 0 amide bonds. The summed E-state index contributed by atoms with van der Waals surface area (Å²) >= 11 is 0. The highest BCUT2D eigenvalue weighted by molar-refractivity contribution is 7.89. The van der Waals surface area contributed by atoms with Gasteiger partial charge in [-0.2, -0.15) is 4.72 Å². The molecule has 1 aliphatic heterocycles. The van der Waals surface area contributed by atoms with E-state index in [4.69, 9.17) is 0 Å². The molecule has 2 aromatic rings. The second kappa shape index (κ2) is 5.23. The summed E-state index contributed by atoms with van der Waals surface area (Å²) in [5.74, 6) is 2.22. The van der Waals surface area contributed by atoms with Crippen LogP contribution in [0.25, 0.3) is 0 Å². The predicted molar refractivity (Wildman–Crippen MR) is 75.0 cm³/mol. The molecule has 0 saturated heterocycles. The van der Waals surface area contributed by atoms with E-state index >= 15 is 0 Å². The van der Waals surface area contributed by atoms with E-state index in [0.717, 1.165) is 25.2 Å². The summed E-state index contributed by atoms with van der Waals surface area (Å²) < 4.78 is 29.3. The molecular formula is C12H18N6O2S. The Morgan fingerprint density at radius 2 is 2.29 bits per heavy atom. The number of H-pyrrole nitrogens is 1.